The number of aryl methyl sites for hydroxylation is 1. The SMILES string of the molecule is COc1c(C)cc(-c2cc(N)no2)c(OC)c1Br. The standard InChI is InChI=1S/C12H13BrN2O3/c1-6-4-7(8-5-9(14)15-18-8)12(17-3)10(13)11(6)16-2/h4-5H,1-3H3,(H2,14,15). The summed E-state index contributed by atoms with van der Waals surface area (Å²) in [5.74, 6) is 2.23. The summed E-state index contributed by atoms with van der Waals surface area (Å²) in [5.41, 5.74) is 7.28. The van der Waals surface area contributed by atoms with Gasteiger partial charge in [-0.1, -0.05) is 5.16 Å². The highest BCUT2D eigenvalue weighted by Gasteiger charge is 2.19. The minimum absolute atomic E-state index is 0.330. The van der Waals surface area contributed by atoms with E-state index < -0.39 is 0 Å². The van der Waals surface area contributed by atoms with Gasteiger partial charge in [0, 0.05) is 6.07 Å². The summed E-state index contributed by atoms with van der Waals surface area (Å²) in [5, 5.41) is 3.67. The Bertz CT molecular complexity index is 581. The topological polar surface area (TPSA) is 70.5 Å². The van der Waals surface area contributed by atoms with Gasteiger partial charge in [0.25, 0.3) is 0 Å². The van der Waals surface area contributed by atoms with Gasteiger partial charge < -0.3 is 19.7 Å². The number of ether oxygens (including phenoxy) is 2. The van der Waals surface area contributed by atoms with Crippen LogP contribution in [0.2, 0.25) is 0 Å². The first-order chi connectivity index (χ1) is 8.58. The lowest BCUT2D eigenvalue weighted by Gasteiger charge is -2.14. The summed E-state index contributed by atoms with van der Waals surface area (Å²) in [4.78, 5) is 0. The number of hydrogen-bond donors (Lipinski definition) is 1. The Balaban J connectivity index is 2.68. The molecule has 2 aromatic rings. The van der Waals surface area contributed by atoms with E-state index in [0.717, 1.165) is 21.3 Å². The molecular formula is C12H13BrN2O3. The fourth-order valence-electron chi connectivity index (χ4n) is 1.79. The lowest BCUT2D eigenvalue weighted by Crippen LogP contribution is -1.95. The highest BCUT2D eigenvalue weighted by molar-refractivity contribution is 9.10. The first-order valence-electron chi connectivity index (χ1n) is 5.22. The molecule has 2 rings (SSSR count). The Morgan fingerprint density at radius 1 is 1.22 bits per heavy atom. The second kappa shape index (κ2) is 4.89. The number of nitrogen functional groups attached to an aromatic ring is 1. The molecule has 6 heteroatoms. The van der Waals surface area contributed by atoms with E-state index >= 15 is 0 Å². The lowest BCUT2D eigenvalue weighted by atomic mass is 10.1. The van der Waals surface area contributed by atoms with Crippen molar-refractivity contribution in [1.82, 2.24) is 5.16 Å². The third kappa shape index (κ3) is 2.03. The molecule has 18 heavy (non-hydrogen) atoms. The van der Waals surface area contributed by atoms with Crippen LogP contribution in [0.25, 0.3) is 11.3 Å². The number of halogens is 1. The highest BCUT2D eigenvalue weighted by Crippen LogP contribution is 2.44. The third-order valence-electron chi connectivity index (χ3n) is 2.56. The number of aromatic nitrogens is 1. The van der Waals surface area contributed by atoms with Crippen LogP contribution in [0.15, 0.2) is 21.1 Å². The molecule has 0 saturated heterocycles. The smallest absolute Gasteiger partial charge is 0.172 e. The van der Waals surface area contributed by atoms with E-state index in [1.54, 1.807) is 20.3 Å². The predicted octanol–water partition coefficient (Wildman–Crippen LogP) is 3.01. The van der Waals surface area contributed by atoms with Gasteiger partial charge in [-0.25, -0.2) is 0 Å². The van der Waals surface area contributed by atoms with Crippen LogP contribution in [0.5, 0.6) is 11.5 Å². The number of nitrogens with two attached hydrogens (primary N) is 1. The Hall–Kier alpha value is -1.69. The number of rotatable bonds is 3. The zero-order valence-corrected chi connectivity index (χ0v) is 11.9. The van der Waals surface area contributed by atoms with Gasteiger partial charge in [-0.05, 0) is 34.5 Å². The number of methoxy groups -OCH3 is 2. The Kier molecular flexibility index (Phi) is 3.47. The van der Waals surface area contributed by atoms with Gasteiger partial charge in [0.05, 0.1) is 19.8 Å². The lowest BCUT2D eigenvalue weighted by molar-refractivity contribution is 0.385. The number of anilines is 1. The van der Waals surface area contributed by atoms with Crippen LogP contribution in [0.4, 0.5) is 5.82 Å². The maximum Gasteiger partial charge on any atom is 0.172 e. The Morgan fingerprint density at radius 2 is 1.89 bits per heavy atom. The highest BCUT2D eigenvalue weighted by atomic mass is 79.9. The summed E-state index contributed by atoms with van der Waals surface area (Å²) < 4.78 is 16.6. The third-order valence-corrected chi connectivity index (χ3v) is 3.28. The van der Waals surface area contributed by atoms with Crippen LogP contribution in [-0.4, -0.2) is 19.4 Å². The molecule has 0 aliphatic carbocycles. The predicted molar refractivity (Wildman–Crippen MR) is 71.9 cm³/mol. The van der Waals surface area contributed by atoms with Crippen molar-refractivity contribution in [1.29, 1.82) is 0 Å². The fraction of sp³-hybridized carbons (Fsp3) is 0.250. The van der Waals surface area contributed by atoms with E-state index in [0.29, 0.717) is 17.3 Å². The van der Waals surface area contributed by atoms with Crippen molar-refractivity contribution in [2.24, 2.45) is 0 Å². The summed E-state index contributed by atoms with van der Waals surface area (Å²) in [6.45, 7) is 1.94. The first kappa shape index (κ1) is 12.8. The molecule has 0 amide bonds. The quantitative estimate of drug-likeness (QED) is 0.943. The number of benzene rings is 1. The van der Waals surface area contributed by atoms with Gasteiger partial charge >= 0.3 is 0 Å². The first-order valence-corrected chi connectivity index (χ1v) is 6.01. The molecule has 0 fully saturated rings. The van der Waals surface area contributed by atoms with Crippen molar-refractivity contribution in [3.05, 3.63) is 22.2 Å². The molecule has 1 aromatic carbocycles. The fourth-order valence-corrected chi connectivity index (χ4v) is 2.64. The largest absolute Gasteiger partial charge is 0.495 e. The van der Waals surface area contributed by atoms with E-state index in [9.17, 15) is 0 Å². The average molecular weight is 313 g/mol. The summed E-state index contributed by atoms with van der Waals surface area (Å²) >= 11 is 3.46. The summed E-state index contributed by atoms with van der Waals surface area (Å²) in [6, 6.07) is 3.55. The van der Waals surface area contributed by atoms with E-state index in [2.05, 4.69) is 21.1 Å². The van der Waals surface area contributed by atoms with Crippen LogP contribution < -0.4 is 15.2 Å². The zero-order chi connectivity index (χ0) is 13.3. The van der Waals surface area contributed by atoms with Crippen LogP contribution in [0, 0.1) is 6.92 Å². The van der Waals surface area contributed by atoms with Gasteiger partial charge in [-0.3, -0.25) is 0 Å². The minimum atomic E-state index is 0.330. The van der Waals surface area contributed by atoms with Crippen LogP contribution in [0.3, 0.4) is 0 Å². The van der Waals surface area contributed by atoms with Crippen LogP contribution in [0.1, 0.15) is 5.56 Å². The molecule has 0 saturated carbocycles. The van der Waals surface area contributed by atoms with Crippen molar-refractivity contribution in [3.8, 4) is 22.8 Å². The van der Waals surface area contributed by atoms with Gasteiger partial charge in [0.1, 0.15) is 16.0 Å². The molecule has 0 aliphatic heterocycles. The van der Waals surface area contributed by atoms with Crippen LogP contribution in [-0.2, 0) is 0 Å². The molecule has 0 bridgehead atoms. The summed E-state index contributed by atoms with van der Waals surface area (Å²) in [6.07, 6.45) is 0. The maximum absolute atomic E-state index is 5.56. The Labute approximate surface area is 113 Å². The molecule has 0 atom stereocenters. The molecule has 1 heterocycles. The zero-order valence-electron chi connectivity index (χ0n) is 10.3. The monoisotopic (exact) mass is 312 g/mol. The maximum atomic E-state index is 5.56. The molecule has 0 unspecified atom stereocenters. The van der Waals surface area contributed by atoms with Gasteiger partial charge in [-0.15, -0.1) is 0 Å². The molecule has 0 spiro atoms. The normalized spacial score (nSPS) is 10.4. The average Bonchev–Trinajstić information content (AvgIpc) is 2.75. The molecule has 0 radical (unpaired) electrons. The van der Waals surface area contributed by atoms with Crippen molar-refractivity contribution in [2.75, 3.05) is 20.0 Å². The molecule has 5 nitrogen and oxygen atoms in total. The molecule has 1 aromatic heterocycles. The van der Waals surface area contributed by atoms with Crippen molar-refractivity contribution >= 4 is 21.7 Å². The van der Waals surface area contributed by atoms with Gasteiger partial charge in [0.2, 0.25) is 0 Å². The number of hydrogen-bond acceptors (Lipinski definition) is 5. The van der Waals surface area contributed by atoms with Gasteiger partial charge in [0.15, 0.2) is 11.6 Å². The van der Waals surface area contributed by atoms with Gasteiger partial charge in [-0.2, -0.15) is 0 Å². The van der Waals surface area contributed by atoms with Crippen molar-refractivity contribution in [2.45, 2.75) is 6.92 Å². The second-order valence-electron chi connectivity index (χ2n) is 3.74. The van der Waals surface area contributed by atoms with Crippen LogP contribution >= 0.6 is 15.9 Å². The van der Waals surface area contributed by atoms with E-state index in [1.807, 2.05) is 13.0 Å². The second-order valence-corrected chi connectivity index (χ2v) is 4.53. The summed E-state index contributed by atoms with van der Waals surface area (Å²) in [7, 11) is 3.19. The van der Waals surface area contributed by atoms with E-state index in [1.165, 1.54) is 0 Å². The molecule has 0 aliphatic rings. The molecule has 2 N–H and O–H groups in total. The minimum Gasteiger partial charge on any atom is -0.495 e. The van der Waals surface area contributed by atoms with E-state index in [4.69, 9.17) is 19.7 Å². The van der Waals surface area contributed by atoms with Crippen molar-refractivity contribution in [3.63, 3.8) is 0 Å². The number of nitrogens with zero attached hydrogens (tertiary/aromatic N) is 1. The molecule has 96 valence electrons. The van der Waals surface area contributed by atoms with Crippen molar-refractivity contribution < 1.29 is 14.0 Å². The van der Waals surface area contributed by atoms with E-state index in [-0.39, 0.29) is 0 Å². The molecular weight excluding hydrogens is 300 g/mol. The Morgan fingerprint density at radius 3 is 2.39 bits per heavy atom.